The first-order valence-corrected chi connectivity index (χ1v) is 10.4. The Labute approximate surface area is 180 Å². The van der Waals surface area contributed by atoms with Crippen LogP contribution in [-0.4, -0.2) is 51.1 Å². The summed E-state index contributed by atoms with van der Waals surface area (Å²) in [4.78, 5) is 18.0. The molecule has 0 heterocycles. The zero-order valence-electron chi connectivity index (χ0n) is 18.6. The first-order valence-electron chi connectivity index (χ1n) is 10.4. The molecule has 0 bridgehead atoms. The van der Waals surface area contributed by atoms with Gasteiger partial charge in [-0.2, -0.15) is 0 Å². The van der Waals surface area contributed by atoms with Crippen LogP contribution in [0.25, 0.3) is 0 Å². The molecule has 2 aromatic rings. The molecule has 0 fully saturated rings. The third kappa shape index (κ3) is 7.52. The summed E-state index contributed by atoms with van der Waals surface area (Å²) in [7, 11) is 5.29. The van der Waals surface area contributed by atoms with Crippen molar-refractivity contribution in [3.8, 4) is 0 Å². The van der Waals surface area contributed by atoms with E-state index in [1.54, 1.807) is 26.0 Å². The van der Waals surface area contributed by atoms with Gasteiger partial charge in [-0.3, -0.25) is 9.79 Å². The lowest BCUT2D eigenvalue weighted by Crippen LogP contribution is -2.38. The maximum Gasteiger partial charge on any atom is 0.253 e. The number of hydrogen-bond acceptors (Lipinski definition) is 3. The van der Waals surface area contributed by atoms with Gasteiger partial charge in [0.1, 0.15) is 0 Å². The number of aliphatic imine (C=N–C) groups is 1. The van der Waals surface area contributed by atoms with E-state index in [0.29, 0.717) is 18.7 Å². The molecule has 6 nitrogen and oxygen atoms in total. The van der Waals surface area contributed by atoms with Crippen molar-refractivity contribution in [2.45, 2.75) is 32.9 Å². The summed E-state index contributed by atoms with van der Waals surface area (Å²) >= 11 is 0. The van der Waals surface area contributed by atoms with E-state index in [-0.39, 0.29) is 5.91 Å². The maximum atomic E-state index is 12.1. The number of guanidine groups is 1. The summed E-state index contributed by atoms with van der Waals surface area (Å²) in [5, 5.41) is 6.71. The van der Waals surface area contributed by atoms with Gasteiger partial charge in [0.05, 0.1) is 6.61 Å². The van der Waals surface area contributed by atoms with Crippen molar-refractivity contribution in [2.24, 2.45) is 4.99 Å². The van der Waals surface area contributed by atoms with Gasteiger partial charge in [0, 0.05) is 46.4 Å². The highest BCUT2D eigenvalue weighted by Crippen LogP contribution is 2.10. The Morgan fingerprint density at radius 3 is 2.53 bits per heavy atom. The highest BCUT2D eigenvalue weighted by Gasteiger charge is 2.08. The predicted molar refractivity (Wildman–Crippen MR) is 123 cm³/mol. The second-order valence-corrected chi connectivity index (χ2v) is 7.32. The van der Waals surface area contributed by atoms with Gasteiger partial charge in [0.2, 0.25) is 0 Å². The van der Waals surface area contributed by atoms with E-state index >= 15 is 0 Å². The summed E-state index contributed by atoms with van der Waals surface area (Å²) in [6, 6.07) is 16.1. The number of hydrogen-bond donors (Lipinski definition) is 2. The molecule has 2 aromatic carbocycles. The lowest BCUT2D eigenvalue weighted by atomic mass is 10.1. The van der Waals surface area contributed by atoms with E-state index in [9.17, 15) is 4.79 Å². The molecule has 1 amide bonds. The third-order valence-electron chi connectivity index (χ3n) is 4.68. The van der Waals surface area contributed by atoms with E-state index in [0.717, 1.165) is 37.5 Å². The normalized spacial score (nSPS) is 11.3. The maximum absolute atomic E-state index is 12.1. The molecule has 6 heteroatoms. The van der Waals surface area contributed by atoms with Crippen LogP contribution in [-0.2, 0) is 24.3 Å². The van der Waals surface area contributed by atoms with Gasteiger partial charge in [0.25, 0.3) is 5.91 Å². The van der Waals surface area contributed by atoms with E-state index in [4.69, 9.17) is 4.74 Å². The number of carbonyl (C=O) groups is 1. The smallest absolute Gasteiger partial charge is 0.253 e. The summed E-state index contributed by atoms with van der Waals surface area (Å²) in [5.74, 6) is 0.767. The minimum Gasteiger partial charge on any atom is -0.377 e. The largest absolute Gasteiger partial charge is 0.377 e. The van der Waals surface area contributed by atoms with Crippen LogP contribution in [0.3, 0.4) is 0 Å². The number of benzene rings is 2. The third-order valence-corrected chi connectivity index (χ3v) is 4.68. The van der Waals surface area contributed by atoms with Gasteiger partial charge in [-0.15, -0.1) is 0 Å². The molecule has 0 aliphatic carbocycles. The van der Waals surface area contributed by atoms with Gasteiger partial charge >= 0.3 is 0 Å². The van der Waals surface area contributed by atoms with Crippen LogP contribution in [0.2, 0.25) is 0 Å². The molecule has 0 saturated heterocycles. The molecule has 0 aliphatic heterocycles. The van der Waals surface area contributed by atoms with Crippen molar-refractivity contribution >= 4 is 11.9 Å². The summed E-state index contributed by atoms with van der Waals surface area (Å²) < 4.78 is 5.70. The van der Waals surface area contributed by atoms with Crippen LogP contribution in [0.5, 0.6) is 0 Å². The molecule has 0 saturated carbocycles. The number of nitrogens with one attached hydrogen (secondary N) is 2. The fraction of sp³-hybridized carbons (Fsp3) is 0.417. The second-order valence-electron chi connectivity index (χ2n) is 7.32. The van der Waals surface area contributed by atoms with E-state index in [1.165, 1.54) is 11.1 Å². The van der Waals surface area contributed by atoms with Gasteiger partial charge in [-0.05, 0) is 41.7 Å². The molecular formula is C24H34N4O2. The monoisotopic (exact) mass is 410 g/mol. The van der Waals surface area contributed by atoms with Gasteiger partial charge < -0.3 is 20.3 Å². The first-order chi connectivity index (χ1) is 14.5. The minimum atomic E-state index is 0.0175. The number of amides is 1. The Morgan fingerprint density at radius 2 is 1.83 bits per heavy atom. The van der Waals surface area contributed by atoms with Crippen LogP contribution in [0.15, 0.2) is 53.5 Å². The molecule has 2 rings (SSSR count). The predicted octanol–water partition coefficient (Wildman–Crippen LogP) is 3.22. The van der Waals surface area contributed by atoms with Gasteiger partial charge in [-0.1, -0.05) is 43.3 Å². The van der Waals surface area contributed by atoms with Crippen LogP contribution in [0.4, 0.5) is 0 Å². The SMILES string of the molecule is CCCOCc1ccccc1CNC(=NC)NCCc1cccc(C(=O)N(C)C)c1. The molecular weight excluding hydrogens is 376 g/mol. The van der Waals surface area contributed by atoms with E-state index in [2.05, 4.69) is 34.7 Å². The van der Waals surface area contributed by atoms with Crippen LogP contribution in [0.1, 0.15) is 40.4 Å². The van der Waals surface area contributed by atoms with Crippen molar-refractivity contribution in [1.82, 2.24) is 15.5 Å². The molecule has 0 unspecified atom stereocenters. The number of nitrogens with zero attached hydrogens (tertiary/aromatic N) is 2. The molecule has 0 aromatic heterocycles. The molecule has 0 atom stereocenters. The van der Waals surface area contributed by atoms with Crippen molar-refractivity contribution in [3.05, 3.63) is 70.8 Å². The molecule has 0 spiro atoms. The molecule has 0 radical (unpaired) electrons. The minimum absolute atomic E-state index is 0.0175. The van der Waals surface area contributed by atoms with Crippen molar-refractivity contribution in [3.63, 3.8) is 0 Å². The van der Waals surface area contributed by atoms with Crippen LogP contribution in [0, 0.1) is 0 Å². The van der Waals surface area contributed by atoms with E-state index in [1.807, 2.05) is 36.4 Å². The van der Waals surface area contributed by atoms with Gasteiger partial charge in [0.15, 0.2) is 5.96 Å². The van der Waals surface area contributed by atoms with Crippen LogP contribution < -0.4 is 10.6 Å². The van der Waals surface area contributed by atoms with Crippen LogP contribution >= 0.6 is 0 Å². The average Bonchev–Trinajstić information content (AvgIpc) is 2.76. The first kappa shape index (κ1) is 23.4. The van der Waals surface area contributed by atoms with Crippen molar-refractivity contribution in [1.29, 1.82) is 0 Å². The quantitative estimate of drug-likeness (QED) is 0.359. The second kappa shape index (κ2) is 12.6. The fourth-order valence-corrected chi connectivity index (χ4v) is 3.04. The summed E-state index contributed by atoms with van der Waals surface area (Å²) in [6.45, 7) is 4.91. The molecule has 30 heavy (non-hydrogen) atoms. The van der Waals surface area contributed by atoms with Gasteiger partial charge in [-0.25, -0.2) is 0 Å². The van der Waals surface area contributed by atoms with E-state index < -0.39 is 0 Å². The fourth-order valence-electron chi connectivity index (χ4n) is 3.04. The van der Waals surface area contributed by atoms with Crippen molar-refractivity contribution < 1.29 is 9.53 Å². The Balaban J connectivity index is 1.85. The van der Waals surface area contributed by atoms with Crippen molar-refractivity contribution in [2.75, 3.05) is 34.3 Å². The lowest BCUT2D eigenvalue weighted by Gasteiger charge is -2.15. The highest BCUT2D eigenvalue weighted by atomic mass is 16.5. The zero-order valence-corrected chi connectivity index (χ0v) is 18.6. The number of carbonyl (C=O) groups excluding carboxylic acids is 1. The summed E-state index contributed by atoms with van der Waals surface area (Å²) in [6.07, 6.45) is 1.82. The number of ether oxygens (including phenoxy) is 1. The summed E-state index contributed by atoms with van der Waals surface area (Å²) in [5.41, 5.74) is 4.22. The Morgan fingerprint density at radius 1 is 1.07 bits per heavy atom. The molecule has 162 valence electrons. The Kier molecular flexibility index (Phi) is 9.87. The lowest BCUT2D eigenvalue weighted by molar-refractivity contribution is 0.0827. The average molecular weight is 411 g/mol. The standard InChI is InChI=1S/C24H34N4O2/c1-5-15-30-18-22-11-7-6-10-21(22)17-27-24(25-2)26-14-13-19-9-8-12-20(16-19)23(29)28(3)4/h6-12,16H,5,13-15,17-18H2,1-4H3,(H2,25,26,27). The topological polar surface area (TPSA) is 66.0 Å². The Bertz CT molecular complexity index is 833. The molecule has 0 aliphatic rings. The Hall–Kier alpha value is -2.86. The highest BCUT2D eigenvalue weighted by molar-refractivity contribution is 5.94. The number of rotatable bonds is 10. The molecule has 2 N–H and O–H groups in total. The zero-order chi connectivity index (χ0) is 21.8.